The fourth-order valence-corrected chi connectivity index (χ4v) is 5.44. The fraction of sp³-hybridized carbons (Fsp3) is 0.238. The van der Waals surface area contributed by atoms with E-state index in [9.17, 15) is 13.7 Å². The van der Waals surface area contributed by atoms with Crippen molar-refractivity contribution in [3.63, 3.8) is 0 Å². The van der Waals surface area contributed by atoms with Gasteiger partial charge in [0.2, 0.25) is 10.0 Å². The molecule has 11 heteroatoms. The van der Waals surface area contributed by atoms with Gasteiger partial charge in [0.1, 0.15) is 10.4 Å². The molecule has 0 fully saturated rings. The van der Waals surface area contributed by atoms with Gasteiger partial charge in [-0.15, -0.1) is 0 Å². The Balaban J connectivity index is 1.48. The monoisotopic (exact) mass is 449 g/mol. The Labute approximate surface area is 184 Å². The van der Waals surface area contributed by atoms with Crippen molar-refractivity contribution in [3.8, 4) is 6.07 Å². The van der Waals surface area contributed by atoms with Crippen LogP contribution >= 0.6 is 0 Å². The third-order valence-corrected chi connectivity index (χ3v) is 7.14. The van der Waals surface area contributed by atoms with Crippen molar-refractivity contribution < 1.29 is 13.0 Å². The summed E-state index contributed by atoms with van der Waals surface area (Å²) in [6.07, 6.45) is 3.97. The molecule has 1 aliphatic heterocycles. The van der Waals surface area contributed by atoms with Crippen LogP contribution in [0.25, 0.3) is 11.0 Å². The minimum absolute atomic E-state index is 0.0195. The second-order valence-corrected chi connectivity index (χ2v) is 9.42. The first kappa shape index (κ1) is 20.2. The molecule has 0 saturated carbocycles. The van der Waals surface area contributed by atoms with Crippen LogP contribution in [-0.2, 0) is 30.0 Å². The van der Waals surface area contributed by atoms with E-state index in [-0.39, 0.29) is 10.4 Å². The molecule has 2 aromatic heterocycles. The lowest BCUT2D eigenvalue weighted by Crippen LogP contribution is -2.48. The summed E-state index contributed by atoms with van der Waals surface area (Å²) in [6.45, 7) is 1.01. The number of hydrogen-bond acceptors (Lipinski definition) is 8. The van der Waals surface area contributed by atoms with E-state index in [1.165, 1.54) is 6.07 Å². The van der Waals surface area contributed by atoms with Crippen LogP contribution in [-0.4, -0.2) is 40.9 Å². The molecule has 0 aliphatic carbocycles. The molecule has 162 valence electrons. The molecular weight excluding hydrogens is 430 g/mol. The number of fused-ring (bicyclic) bond motifs is 2. The van der Waals surface area contributed by atoms with Crippen molar-refractivity contribution >= 4 is 26.7 Å². The maximum absolute atomic E-state index is 13.2. The predicted octanol–water partition coefficient (Wildman–Crippen LogP) is 1.74. The van der Waals surface area contributed by atoms with Gasteiger partial charge in [0.15, 0.2) is 5.52 Å². The van der Waals surface area contributed by atoms with Crippen molar-refractivity contribution in [2.45, 2.75) is 23.9 Å². The number of nitrogens with one attached hydrogen (secondary N) is 1. The van der Waals surface area contributed by atoms with Gasteiger partial charge in [-0.2, -0.15) is 5.26 Å². The number of benzene rings is 2. The predicted molar refractivity (Wildman–Crippen MR) is 115 cm³/mol. The Morgan fingerprint density at radius 1 is 1.28 bits per heavy atom. The zero-order valence-electron chi connectivity index (χ0n) is 17.1. The van der Waals surface area contributed by atoms with Gasteiger partial charge in [0.25, 0.3) is 0 Å². The van der Waals surface area contributed by atoms with Crippen LogP contribution in [0.3, 0.4) is 0 Å². The Morgan fingerprint density at radius 3 is 2.94 bits per heavy atom. The summed E-state index contributed by atoms with van der Waals surface area (Å²) in [4.78, 5) is 6.29. The third kappa shape index (κ3) is 3.59. The lowest BCUT2D eigenvalue weighted by Gasteiger charge is -2.36. The van der Waals surface area contributed by atoms with Crippen LogP contribution < -0.4 is 9.62 Å². The number of sulfonamides is 1. The Morgan fingerprint density at radius 2 is 2.16 bits per heavy atom. The summed E-state index contributed by atoms with van der Waals surface area (Å²) in [5.74, 6) is 0. The maximum Gasteiger partial charge on any atom is 0.243 e. The fourth-order valence-electron chi connectivity index (χ4n) is 4.06. The molecule has 0 amide bonds. The smallest absolute Gasteiger partial charge is 0.243 e. The number of aromatic nitrogens is 4. The SMILES string of the molecule is Cn1cncc1CN1CC(NS(=O)(=O)c2cccc3nonc23)Cc2cc(C#N)ccc21. The third-order valence-electron chi connectivity index (χ3n) is 5.59. The number of nitriles is 1. The molecule has 10 nitrogen and oxygen atoms in total. The van der Waals surface area contributed by atoms with Crippen LogP contribution in [0.1, 0.15) is 16.8 Å². The lowest BCUT2D eigenvalue weighted by atomic mass is 9.96. The second-order valence-electron chi connectivity index (χ2n) is 7.74. The van der Waals surface area contributed by atoms with Gasteiger partial charge in [-0.3, -0.25) is 0 Å². The van der Waals surface area contributed by atoms with Crippen LogP contribution in [0.15, 0.2) is 58.4 Å². The molecule has 0 bridgehead atoms. The molecule has 32 heavy (non-hydrogen) atoms. The molecule has 0 spiro atoms. The molecule has 2 aromatic carbocycles. The van der Waals surface area contributed by atoms with Crippen molar-refractivity contribution in [1.82, 2.24) is 24.6 Å². The molecule has 0 radical (unpaired) electrons. The summed E-state index contributed by atoms with van der Waals surface area (Å²) in [6, 6.07) is 12.0. The number of anilines is 1. The summed E-state index contributed by atoms with van der Waals surface area (Å²) >= 11 is 0. The zero-order valence-corrected chi connectivity index (χ0v) is 18.0. The minimum atomic E-state index is -3.89. The van der Waals surface area contributed by atoms with Gasteiger partial charge in [-0.25, -0.2) is 22.8 Å². The molecule has 1 aliphatic rings. The Kier molecular flexibility index (Phi) is 4.88. The topological polar surface area (TPSA) is 130 Å². The molecule has 1 unspecified atom stereocenters. The van der Waals surface area contributed by atoms with E-state index in [2.05, 4.69) is 31.0 Å². The molecule has 3 heterocycles. The molecule has 1 N–H and O–H groups in total. The number of nitrogens with zero attached hydrogens (tertiary/aromatic N) is 6. The lowest BCUT2D eigenvalue weighted by molar-refractivity contribution is 0.315. The minimum Gasteiger partial charge on any atom is -0.364 e. The van der Waals surface area contributed by atoms with Crippen LogP contribution in [0.5, 0.6) is 0 Å². The molecular formula is C21H19N7O3S. The van der Waals surface area contributed by atoms with Gasteiger partial charge in [-0.05, 0) is 52.6 Å². The van der Waals surface area contributed by atoms with E-state index in [1.807, 2.05) is 23.7 Å². The zero-order chi connectivity index (χ0) is 22.3. The van der Waals surface area contributed by atoms with Gasteiger partial charge < -0.3 is 9.47 Å². The molecule has 5 rings (SSSR count). The first-order chi connectivity index (χ1) is 15.4. The average Bonchev–Trinajstić information content (AvgIpc) is 3.41. The Bertz CT molecular complexity index is 1450. The molecule has 4 aromatic rings. The highest BCUT2D eigenvalue weighted by atomic mass is 32.2. The van der Waals surface area contributed by atoms with E-state index in [4.69, 9.17) is 4.63 Å². The first-order valence-corrected chi connectivity index (χ1v) is 11.4. The van der Waals surface area contributed by atoms with Crippen molar-refractivity contribution in [1.29, 1.82) is 5.26 Å². The highest BCUT2D eigenvalue weighted by molar-refractivity contribution is 7.89. The van der Waals surface area contributed by atoms with Gasteiger partial charge in [0, 0.05) is 31.5 Å². The summed E-state index contributed by atoms with van der Waals surface area (Å²) in [7, 11) is -1.97. The van der Waals surface area contributed by atoms with E-state index >= 15 is 0 Å². The van der Waals surface area contributed by atoms with Gasteiger partial charge in [-0.1, -0.05) is 6.07 Å². The normalized spacial score (nSPS) is 16.1. The van der Waals surface area contributed by atoms with E-state index in [1.54, 1.807) is 30.7 Å². The first-order valence-electron chi connectivity index (χ1n) is 9.91. The molecule has 0 saturated heterocycles. The highest BCUT2D eigenvalue weighted by Gasteiger charge is 2.30. The van der Waals surface area contributed by atoms with E-state index in [0.717, 1.165) is 16.9 Å². The Hall–Kier alpha value is -3.75. The van der Waals surface area contributed by atoms with E-state index < -0.39 is 16.1 Å². The summed E-state index contributed by atoms with van der Waals surface area (Å²) in [5, 5.41) is 16.8. The molecule has 1 atom stereocenters. The van der Waals surface area contributed by atoms with Gasteiger partial charge in [0.05, 0.1) is 30.2 Å². The maximum atomic E-state index is 13.2. The largest absolute Gasteiger partial charge is 0.364 e. The van der Waals surface area contributed by atoms with Crippen LogP contribution in [0, 0.1) is 11.3 Å². The number of aryl methyl sites for hydroxylation is 1. The average molecular weight is 449 g/mol. The number of hydrogen-bond donors (Lipinski definition) is 1. The van der Waals surface area contributed by atoms with Crippen molar-refractivity contribution in [2.75, 3.05) is 11.4 Å². The summed E-state index contributed by atoms with van der Waals surface area (Å²) in [5.41, 5.74) is 3.97. The highest BCUT2D eigenvalue weighted by Crippen LogP contribution is 2.30. The summed E-state index contributed by atoms with van der Waals surface area (Å²) < 4.78 is 35.9. The van der Waals surface area contributed by atoms with Crippen molar-refractivity contribution in [3.05, 3.63) is 65.7 Å². The number of rotatable bonds is 5. The van der Waals surface area contributed by atoms with Crippen LogP contribution in [0.2, 0.25) is 0 Å². The van der Waals surface area contributed by atoms with Crippen molar-refractivity contribution in [2.24, 2.45) is 7.05 Å². The number of imidazole rings is 1. The van der Waals surface area contributed by atoms with Gasteiger partial charge >= 0.3 is 0 Å². The standard InChI is InChI=1S/C21H19N7O3S/c1-27-13-23-10-17(27)12-28-11-16(8-15-7-14(9-22)5-6-19(15)28)26-32(29,30)20-4-2-3-18-21(20)25-31-24-18/h2-7,10,13,16,26H,8,11-12H2,1H3. The van der Waals surface area contributed by atoms with E-state index in [0.29, 0.717) is 30.6 Å². The second kappa shape index (κ2) is 7.74. The quantitative estimate of drug-likeness (QED) is 0.488. The van der Waals surface area contributed by atoms with Crippen LogP contribution in [0.4, 0.5) is 5.69 Å².